The molecule has 0 saturated heterocycles. The molecule has 0 bridgehead atoms. The number of nitrogens with zero attached hydrogens (tertiary/aromatic N) is 1. The Labute approximate surface area is 226 Å². The number of benzene rings is 1. The van der Waals surface area contributed by atoms with Crippen LogP contribution in [-0.4, -0.2) is 42.7 Å². The Kier molecular flexibility index (Phi) is 17.6. The molecule has 0 heterocycles. The molecule has 0 fully saturated rings. The van der Waals surface area contributed by atoms with Gasteiger partial charge in [-0.05, 0) is 57.7 Å². The van der Waals surface area contributed by atoms with Gasteiger partial charge in [0.25, 0.3) is 0 Å². The van der Waals surface area contributed by atoms with Crippen molar-refractivity contribution in [2.75, 3.05) is 20.2 Å². The molecule has 6 heteroatoms. The molecule has 0 unspecified atom stereocenters. The van der Waals surface area contributed by atoms with Gasteiger partial charge in [0, 0.05) is 26.6 Å². The molecule has 37 heavy (non-hydrogen) atoms. The topological polar surface area (TPSA) is 67.9 Å². The standard InChI is InChI=1S/C31H54N2O4/c1-6-7-8-9-10-11-12-13-14-18-24-36-28-21-19-20-27(25-28)26-33(5)29(34)22-16-15-17-23-32-30(35)37-31(2,3)4/h19-21,25H,6-18,22-24,26H2,1-5H3,(H,32,35). The first-order valence-electron chi connectivity index (χ1n) is 14.6. The van der Waals surface area contributed by atoms with E-state index < -0.39 is 11.7 Å². The summed E-state index contributed by atoms with van der Waals surface area (Å²) in [5.41, 5.74) is 0.595. The zero-order chi connectivity index (χ0) is 27.4. The monoisotopic (exact) mass is 518 g/mol. The molecule has 1 aromatic carbocycles. The van der Waals surface area contributed by atoms with E-state index in [-0.39, 0.29) is 5.91 Å². The van der Waals surface area contributed by atoms with Gasteiger partial charge in [-0.3, -0.25) is 4.79 Å². The Morgan fingerprint density at radius 1 is 0.865 bits per heavy atom. The molecule has 0 saturated carbocycles. The van der Waals surface area contributed by atoms with Crippen molar-refractivity contribution in [3.8, 4) is 5.75 Å². The Morgan fingerprint density at radius 3 is 2.14 bits per heavy atom. The van der Waals surface area contributed by atoms with Crippen LogP contribution in [0.4, 0.5) is 4.79 Å². The van der Waals surface area contributed by atoms with Crippen LogP contribution in [0.3, 0.4) is 0 Å². The number of ether oxygens (including phenoxy) is 2. The van der Waals surface area contributed by atoms with Crippen LogP contribution in [0.5, 0.6) is 5.75 Å². The predicted octanol–water partition coefficient (Wildman–Crippen LogP) is 8.03. The van der Waals surface area contributed by atoms with Crippen LogP contribution in [0.25, 0.3) is 0 Å². The molecule has 0 aliphatic heterocycles. The first kappa shape index (κ1) is 32.8. The van der Waals surface area contributed by atoms with E-state index in [0.29, 0.717) is 19.5 Å². The molecule has 0 aromatic heterocycles. The summed E-state index contributed by atoms with van der Waals surface area (Å²) in [5, 5.41) is 2.76. The molecule has 0 aliphatic carbocycles. The van der Waals surface area contributed by atoms with Crippen LogP contribution in [0.1, 0.15) is 123 Å². The van der Waals surface area contributed by atoms with Crippen molar-refractivity contribution in [1.82, 2.24) is 10.2 Å². The average molecular weight is 519 g/mol. The van der Waals surface area contributed by atoms with Gasteiger partial charge < -0.3 is 19.7 Å². The third-order valence-electron chi connectivity index (χ3n) is 6.25. The summed E-state index contributed by atoms with van der Waals surface area (Å²) < 4.78 is 11.2. The van der Waals surface area contributed by atoms with Gasteiger partial charge in [-0.1, -0.05) is 83.3 Å². The number of rotatable bonds is 20. The van der Waals surface area contributed by atoms with Crippen LogP contribution in [0.2, 0.25) is 0 Å². The summed E-state index contributed by atoms with van der Waals surface area (Å²) in [6, 6.07) is 8.08. The van der Waals surface area contributed by atoms with Crippen LogP contribution in [0.15, 0.2) is 24.3 Å². The van der Waals surface area contributed by atoms with Gasteiger partial charge in [0.2, 0.25) is 5.91 Å². The summed E-state index contributed by atoms with van der Waals surface area (Å²) in [4.78, 5) is 25.9. The van der Waals surface area contributed by atoms with Crippen LogP contribution in [0, 0.1) is 0 Å². The van der Waals surface area contributed by atoms with Crippen molar-refractivity contribution >= 4 is 12.0 Å². The second-order valence-electron chi connectivity index (χ2n) is 11.2. The van der Waals surface area contributed by atoms with Crippen LogP contribution in [-0.2, 0) is 16.1 Å². The van der Waals surface area contributed by atoms with E-state index >= 15 is 0 Å². The number of hydrogen-bond donors (Lipinski definition) is 1. The van der Waals surface area contributed by atoms with Gasteiger partial charge in [-0.2, -0.15) is 0 Å². The Morgan fingerprint density at radius 2 is 1.49 bits per heavy atom. The van der Waals surface area contributed by atoms with Crippen molar-refractivity contribution in [1.29, 1.82) is 0 Å². The SMILES string of the molecule is CCCCCCCCCCCCOc1cccc(CN(C)C(=O)CCCCCNC(=O)OC(C)(C)C)c1. The van der Waals surface area contributed by atoms with E-state index in [9.17, 15) is 9.59 Å². The van der Waals surface area contributed by atoms with Crippen molar-refractivity contribution in [2.24, 2.45) is 0 Å². The lowest BCUT2D eigenvalue weighted by molar-refractivity contribution is -0.130. The van der Waals surface area contributed by atoms with Crippen LogP contribution >= 0.6 is 0 Å². The van der Waals surface area contributed by atoms with Gasteiger partial charge in [0.1, 0.15) is 11.4 Å². The number of carbonyl (C=O) groups excluding carboxylic acids is 2. The second-order valence-corrected chi connectivity index (χ2v) is 11.2. The smallest absolute Gasteiger partial charge is 0.407 e. The van der Waals surface area contributed by atoms with E-state index in [1.54, 1.807) is 4.90 Å². The zero-order valence-electron chi connectivity index (χ0n) is 24.4. The molecule has 0 aliphatic rings. The lowest BCUT2D eigenvalue weighted by Crippen LogP contribution is -2.33. The molecule has 1 N–H and O–H groups in total. The highest BCUT2D eigenvalue weighted by Crippen LogP contribution is 2.17. The third-order valence-corrected chi connectivity index (χ3v) is 6.25. The van der Waals surface area contributed by atoms with E-state index in [0.717, 1.165) is 43.6 Å². The molecule has 1 aromatic rings. The highest BCUT2D eigenvalue weighted by molar-refractivity contribution is 5.75. The number of alkyl carbamates (subject to hydrolysis) is 1. The molecule has 0 atom stereocenters. The summed E-state index contributed by atoms with van der Waals surface area (Å²) in [5.74, 6) is 1.02. The average Bonchev–Trinajstić information content (AvgIpc) is 2.83. The fraction of sp³-hybridized carbons (Fsp3) is 0.742. The molecule has 1 rings (SSSR count). The molecule has 212 valence electrons. The van der Waals surface area contributed by atoms with Gasteiger partial charge in [0.15, 0.2) is 0 Å². The summed E-state index contributed by atoms with van der Waals surface area (Å²) in [7, 11) is 1.85. The Balaban J connectivity index is 2.14. The number of amides is 2. The molecule has 2 amide bonds. The van der Waals surface area contributed by atoms with E-state index in [1.807, 2.05) is 52.1 Å². The van der Waals surface area contributed by atoms with Crippen molar-refractivity contribution in [2.45, 2.75) is 130 Å². The number of unbranched alkanes of at least 4 members (excludes halogenated alkanes) is 11. The fourth-order valence-corrected chi connectivity index (χ4v) is 4.15. The number of hydrogen-bond acceptors (Lipinski definition) is 4. The lowest BCUT2D eigenvalue weighted by atomic mass is 10.1. The number of carbonyl (C=O) groups is 2. The maximum absolute atomic E-state index is 12.5. The number of nitrogens with one attached hydrogen (secondary N) is 1. The molecule has 6 nitrogen and oxygen atoms in total. The van der Waals surface area contributed by atoms with Gasteiger partial charge in [0.05, 0.1) is 6.61 Å². The van der Waals surface area contributed by atoms with E-state index in [2.05, 4.69) is 12.2 Å². The first-order chi connectivity index (χ1) is 17.7. The maximum atomic E-state index is 12.5. The fourth-order valence-electron chi connectivity index (χ4n) is 4.15. The molecular formula is C31H54N2O4. The van der Waals surface area contributed by atoms with Crippen LogP contribution < -0.4 is 10.1 Å². The highest BCUT2D eigenvalue weighted by atomic mass is 16.6. The van der Waals surface area contributed by atoms with Crippen molar-refractivity contribution < 1.29 is 19.1 Å². The summed E-state index contributed by atoms with van der Waals surface area (Å²) >= 11 is 0. The van der Waals surface area contributed by atoms with Gasteiger partial charge >= 0.3 is 6.09 Å². The normalized spacial score (nSPS) is 11.3. The first-order valence-corrected chi connectivity index (χ1v) is 14.6. The Hall–Kier alpha value is -2.24. The minimum Gasteiger partial charge on any atom is -0.494 e. The summed E-state index contributed by atoms with van der Waals surface area (Å²) in [6.45, 7) is 9.68. The summed E-state index contributed by atoms with van der Waals surface area (Å²) in [6.07, 6.45) is 15.8. The van der Waals surface area contributed by atoms with Crippen molar-refractivity contribution in [3.05, 3.63) is 29.8 Å². The minimum absolute atomic E-state index is 0.136. The Bertz CT molecular complexity index is 745. The maximum Gasteiger partial charge on any atom is 0.407 e. The highest BCUT2D eigenvalue weighted by Gasteiger charge is 2.15. The largest absolute Gasteiger partial charge is 0.494 e. The lowest BCUT2D eigenvalue weighted by Gasteiger charge is -2.19. The molecule has 0 spiro atoms. The second kappa shape index (κ2) is 19.8. The quantitative estimate of drug-likeness (QED) is 0.177. The third kappa shape index (κ3) is 18.6. The zero-order valence-corrected chi connectivity index (χ0v) is 24.4. The van der Waals surface area contributed by atoms with Gasteiger partial charge in [-0.25, -0.2) is 4.79 Å². The van der Waals surface area contributed by atoms with E-state index in [4.69, 9.17) is 9.47 Å². The van der Waals surface area contributed by atoms with Gasteiger partial charge in [-0.15, -0.1) is 0 Å². The minimum atomic E-state index is -0.487. The molecule has 0 radical (unpaired) electrons. The molecular weight excluding hydrogens is 464 g/mol. The van der Waals surface area contributed by atoms with E-state index in [1.165, 1.54) is 57.8 Å². The van der Waals surface area contributed by atoms with Crippen molar-refractivity contribution in [3.63, 3.8) is 0 Å². The predicted molar refractivity (Wildman–Crippen MR) is 153 cm³/mol.